The van der Waals surface area contributed by atoms with Crippen LogP contribution in [0.1, 0.15) is 29.8 Å². The van der Waals surface area contributed by atoms with Crippen molar-refractivity contribution < 1.29 is 28.6 Å². The predicted octanol–water partition coefficient (Wildman–Crippen LogP) is 3.46. The van der Waals surface area contributed by atoms with Crippen molar-refractivity contribution in [3.8, 4) is 5.75 Å². The van der Waals surface area contributed by atoms with Crippen LogP contribution in [0.5, 0.6) is 5.75 Å². The van der Waals surface area contributed by atoms with Crippen LogP contribution < -0.4 is 10.1 Å². The Bertz CT molecular complexity index is 886. The van der Waals surface area contributed by atoms with E-state index in [-0.39, 0.29) is 6.10 Å². The zero-order chi connectivity index (χ0) is 21.2. The monoisotopic (exact) mass is 397 g/mol. The fourth-order valence-electron chi connectivity index (χ4n) is 2.26. The van der Waals surface area contributed by atoms with E-state index in [9.17, 15) is 14.4 Å². The van der Waals surface area contributed by atoms with Gasteiger partial charge in [-0.1, -0.05) is 12.1 Å². The van der Waals surface area contributed by atoms with Crippen LogP contribution in [-0.4, -0.2) is 37.7 Å². The number of nitrogens with one attached hydrogen (secondary N) is 1. The van der Waals surface area contributed by atoms with Crippen molar-refractivity contribution >= 4 is 29.6 Å². The highest BCUT2D eigenvalue weighted by Gasteiger charge is 2.10. The first kappa shape index (κ1) is 21.7. The van der Waals surface area contributed by atoms with Crippen molar-refractivity contribution in [2.24, 2.45) is 0 Å². The molecule has 2 rings (SSSR count). The maximum absolute atomic E-state index is 11.9. The summed E-state index contributed by atoms with van der Waals surface area (Å²) in [6.07, 6.45) is 2.59. The van der Waals surface area contributed by atoms with Gasteiger partial charge in [0.1, 0.15) is 5.75 Å². The standard InChI is InChI=1S/C22H23NO6/c1-15(2)29-22(26)17-8-10-18(11-9-17)23-20(24)14-28-21(25)12-7-16-5-4-6-19(13-16)27-3/h4-13,15H,14H2,1-3H3,(H,23,24)/b12-7+. The summed E-state index contributed by atoms with van der Waals surface area (Å²) >= 11 is 0. The van der Waals surface area contributed by atoms with Crippen LogP contribution in [0.25, 0.3) is 6.08 Å². The molecular formula is C22H23NO6. The molecule has 0 heterocycles. The Morgan fingerprint density at radius 3 is 2.45 bits per heavy atom. The Morgan fingerprint density at radius 1 is 1.07 bits per heavy atom. The summed E-state index contributed by atoms with van der Waals surface area (Å²) in [6, 6.07) is 13.4. The van der Waals surface area contributed by atoms with E-state index in [0.29, 0.717) is 17.0 Å². The molecule has 0 fully saturated rings. The van der Waals surface area contributed by atoms with Crippen LogP contribution in [-0.2, 0) is 19.1 Å². The second-order valence-electron chi connectivity index (χ2n) is 6.30. The van der Waals surface area contributed by atoms with Crippen LogP contribution in [0.15, 0.2) is 54.6 Å². The van der Waals surface area contributed by atoms with E-state index in [1.54, 1.807) is 75.6 Å². The predicted molar refractivity (Wildman–Crippen MR) is 109 cm³/mol. The van der Waals surface area contributed by atoms with E-state index in [1.165, 1.54) is 6.08 Å². The molecule has 0 atom stereocenters. The number of esters is 2. The van der Waals surface area contributed by atoms with Crippen LogP contribution >= 0.6 is 0 Å². The van der Waals surface area contributed by atoms with Gasteiger partial charge < -0.3 is 19.5 Å². The van der Waals surface area contributed by atoms with Crippen molar-refractivity contribution in [1.29, 1.82) is 0 Å². The fraction of sp³-hybridized carbons (Fsp3) is 0.227. The molecule has 1 N–H and O–H groups in total. The molecular weight excluding hydrogens is 374 g/mol. The number of benzene rings is 2. The molecule has 0 unspecified atom stereocenters. The Morgan fingerprint density at radius 2 is 1.79 bits per heavy atom. The lowest BCUT2D eigenvalue weighted by atomic mass is 10.2. The molecule has 0 spiro atoms. The SMILES string of the molecule is COc1cccc(/C=C/C(=O)OCC(=O)Nc2ccc(C(=O)OC(C)C)cc2)c1. The Labute approximate surface area is 169 Å². The normalized spacial score (nSPS) is 10.6. The maximum Gasteiger partial charge on any atom is 0.338 e. The van der Waals surface area contributed by atoms with Gasteiger partial charge in [-0.3, -0.25) is 4.79 Å². The molecule has 7 nitrogen and oxygen atoms in total. The molecule has 0 radical (unpaired) electrons. The third kappa shape index (κ3) is 7.50. The Kier molecular flexibility index (Phi) is 7.97. The molecule has 0 aliphatic heterocycles. The summed E-state index contributed by atoms with van der Waals surface area (Å²) in [4.78, 5) is 35.5. The number of carbonyl (C=O) groups is 3. The van der Waals surface area contributed by atoms with Crippen molar-refractivity contribution in [2.45, 2.75) is 20.0 Å². The lowest BCUT2D eigenvalue weighted by Crippen LogP contribution is -2.20. The quantitative estimate of drug-likeness (QED) is 0.542. The molecule has 7 heteroatoms. The number of hydrogen-bond acceptors (Lipinski definition) is 6. The van der Waals surface area contributed by atoms with E-state index in [4.69, 9.17) is 14.2 Å². The maximum atomic E-state index is 11.9. The van der Waals surface area contributed by atoms with Gasteiger partial charge in [0, 0.05) is 11.8 Å². The van der Waals surface area contributed by atoms with Crippen LogP contribution in [0.3, 0.4) is 0 Å². The third-order valence-corrected chi connectivity index (χ3v) is 3.60. The lowest BCUT2D eigenvalue weighted by molar-refractivity contribution is -0.142. The van der Waals surface area contributed by atoms with Crippen molar-refractivity contribution in [3.63, 3.8) is 0 Å². The number of rotatable bonds is 8. The summed E-state index contributed by atoms with van der Waals surface area (Å²) in [5.74, 6) is -0.904. The summed E-state index contributed by atoms with van der Waals surface area (Å²) < 4.78 is 15.1. The summed E-state index contributed by atoms with van der Waals surface area (Å²) in [5, 5.41) is 2.58. The van der Waals surface area contributed by atoms with E-state index in [1.807, 2.05) is 0 Å². The fourth-order valence-corrected chi connectivity index (χ4v) is 2.26. The van der Waals surface area contributed by atoms with Crippen LogP contribution in [0, 0.1) is 0 Å². The molecule has 152 valence electrons. The van der Waals surface area contributed by atoms with E-state index < -0.39 is 24.5 Å². The van der Waals surface area contributed by atoms with Gasteiger partial charge in [0.2, 0.25) is 0 Å². The Balaban J connectivity index is 1.80. The van der Waals surface area contributed by atoms with Crippen LogP contribution in [0.2, 0.25) is 0 Å². The number of amides is 1. The highest BCUT2D eigenvalue weighted by atomic mass is 16.5. The van der Waals surface area contributed by atoms with Gasteiger partial charge in [-0.25, -0.2) is 9.59 Å². The molecule has 0 aromatic heterocycles. The van der Waals surface area contributed by atoms with Gasteiger partial charge in [-0.05, 0) is 61.9 Å². The number of anilines is 1. The minimum absolute atomic E-state index is 0.213. The molecule has 2 aromatic carbocycles. The van der Waals surface area contributed by atoms with Crippen molar-refractivity contribution in [3.05, 3.63) is 65.7 Å². The second kappa shape index (κ2) is 10.7. The lowest BCUT2D eigenvalue weighted by Gasteiger charge is -2.09. The molecule has 0 saturated carbocycles. The van der Waals surface area contributed by atoms with Crippen molar-refractivity contribution in [2.75, 3.05) is 19.0 Å². The molecule has 0 aliphatic rings. The zero-order valence-electron chi connectivity index (χ0n) is 16.5. The molecule has 0 bridgehead atoms. The third-order valence-electron chi connectivity index (χ3n) is 3.60. The number of ether oxygens (including phenoxy) is 3. The highest BCUT2D eigenvalue weighted by Crippen LogP contribution is 2.14. The first-order chi connectivity index (χ1) is 13.9. The second-order valence-corrected chi connectivity index (χ2v) is 6.30. The van der Waals surface area contributed by atoms with Gasteiger partial charge in [0.05, 0.1) is 18.8 Å². The first-order valence-electron chi connectivity index (χ1n) is 8.97. The van der Waals surface area contributed by atoms with E-state index in [0.717, 1.165) is 5.56 Å². The average molecular weight is 397 g/mol. The van der Waals surface area contributed by atoms with E-state index >= 15 is 0 Å². The summed E-state index contributed by atoms with van der Waals surface area (Å²) in [6.45, 7) is 3.10. The number of hydrogen-bond donors (Lipinski definition) is 1. The summed E-state index contributed by atoms with van der Waals surface area (Å²) in [5.41, 5.74) is 1.62. The first-order valence-corrected chi connectivity index (χ1v) is 8.97. The van der Waals surface area contributed by atoms with Gasteiger partial charge in [-0.2, -0.15) is 0 Å². The summed E-state index contributed by atoms with van der Waals surface area (Å²) in [7, 11) is 1.56. The average Bonchev–Trinajstić information content (AvgIpc) is 2.71. The highest BCUT2D eigenvalue weighted by molar-refractivity contribution is 5.95. The van der Waals surface area contributed by atoms with Gasteiger partial charge in [0.15, 0.2) is 6.61 Å². The zero-order valence-corrected chi connectivity index (χ0v) is 16.5. The van der Waals surface area contributed by atoms with E-state index in [2.05, 4.69) is 5.32 Å². The minimum Gasteiger partial charge on any atom is -0.497 e. The molecule has 1 amide bonds. The van der Waals surface area contributed by atoms with Gasteiger partial charge >= 0.3 is 11.9 Å². The Hall–Kier alpha value is -3.61. The molecule has 0 saturated heterocycles. The van der Waals surface area contributed by atoms with Gasteiger partial charge in [0.25, 0.3) is 5.91 Å². The van der Waals surface area contributed by atoms with Gasteiger partial charge in [-0.15, -0.1) is 0 Å². The molecule has 2 aromatic rings. The molecule has 29 heavy (non-hydrogen) atoms. The van der Waals surface area contributed by atoms with Crippen molar-refractivity contribution in [1.82, 2.24) is 0 Å². The largest absolute Gasteiger partial charge is 0.497 e. The number of methoxy groups -OCH3 is 1. The van der Waals surface area contributed by atoms with Crippen LogP contribution in [0.4, 0.5) is 5.69 Å². The molecule has 0 aliphatic carbocycles. The minimum atomic E-state index is -0.644. The smallest absolute Gasteiger partial charge is 0.338 e. The number of carbonyl (C=O) groups excluding carboxylic acids is 3. The topological polar surface area (TPSA) is 90.9 Å².